The van der Waals surface area contributed by atoms with Crippen molar-refractivity contribution in [3.05, 3.63) is 30.1 Å². The highest BCUT2D eigenvalue weighted by Crippen LogP contribution is 2.18. The zero-order valence-electron chi connectivity index (χ0n) is 10.1. The Morgan fingerprint density at radius 1 is 1.47 bits per heavy atom. The molecule has 94 valence electrons. The van der Waals surface area contributed by atoms with Gasteiger partial charge in [0.2, 0.25) is 0 Å². The molecule has 0 saturated heterocycles. The van der Waals surface area contributed by atoms with Gasteiger partial charge in [-0.25, -0.2) is 4.39 Å². The smallest absolute Gasteiger partial charge is 0.173 e. The van der Waals surface area contributed by atoms with Crippen LogP contribution in [0.1, 0.15) is 6.92 Å². The number of nitrogens with one attached hydrogen (secondary N) is 1. The predicted octanol–water partition coefficient (Wildman–Crippen LogP) is 2.17. The number of nitrogens with zero attached hydrogens (tertiary/aromatic N) is 1. The first-order valence-corrected chi connectivity index (χ1v) is 5.90. The van der Waals surface area contributed by atoms with Crippen molar-refractivity contribution < 1.29 is 9.13 Å². The first-order chi connectivity index (χ1) is 8.20. The predicted molar refractivity (Wildman–Crippen MR) is 71.9 cm³/mol. The van der Waals surface area contributed by atoms with Gasteiger partial charge in [0.25, 0.3) is 0 Å². The molecule has 1 N–H and O–H groups in total. The fraction of sp³-hybridized carbons (Fsp3) is 0.417. The lowest BCUT2D eigenvalue weighted by Gasteiger charge is -2.24. The van der Waals surface area contributed by atoms with Gasteiger partial charge in [-0.05, 0) is 31.3 Å². The lowest BCUT2D eigenvalue weighted by atomic mass is 10.3. The van der Waals surface area contributed by atoms with Gasteiger partial charge < -0.3 is 15.0 Å². The third-order valence-corrected chi connectivity index (χ3v) is 2.65. The molecule has 1 aromatic rings. The quantitative estimate of drug-likeness (QED) is 0.644. The molecule has 0 aromatic heterocycles. The third-order valence-electron chi connectivity index (χ3n) is 2.29. The molecule has 0 unspecified atom stereocenters. The second-order valence-corrected chi connectivity index (χ2v) is 3.81. The summed E-state index contributed by atoms with van der Waals surface area (Å²) in [6, 6.07) is 6.59. The molecule has 0 fully saturated rings. The van der Waals surface area contributed by atoms with Crippen molar-refractivity contribution in [2.45, 2.75) is 6.92 Å². The van der Waals surface area contributed by atoms with Crippen LogP contribution in [-0.2, 0) is 4.74 Å². The number of para-hydroxylation sites is 1. The Labute approximate surface area is 107 Å². The largest absolute Gasteiger partial charge is 0.383 e. The van der Waals surface area contributed by atoms with Crippen molar-refractivity contribution in [3.63, 3.8) is 0 Å². The standard InChI is InChI=1S/C12H17FN2OS/c1-3-15(12(17)14-8-9-16-2)11-7-5-4-6-10(11)13/h4-7H,3,8-9H2,1-2H3,(H,14,17). The molecule has 0 aliphatic heterocycles. The van der Waals surface area contributed by atoms with Gasteiger partial charge in [-0.15, -0.1) is 0 Å². The van der Waals surface area contributed by atoms with Crippen LogP contribution in [0.4, 0.5) is 10.1 Å². The van der Waals surface area contributed by atoms with Gasteiger partial charge in [0.1, 0.15) is 5.82 Å². The average Bonchev–Trinajstić information content (AvgIpc) is 2.33. The third kappa shape index (κ3) is 3.94. The van der Waals surface area contributed by atoms with Crippen LogP contribution in [0.2, 0.25) is 0 Å². The van der Waals surface area contributed by atoms with Crippen molar-refractivity contribution in [3.8, 4) is 0 Å². The van der Waals surface area contributed by atoms with Crippen LogP contribution >= 0.6 is 12.2 Å². The summed E-state index contributed by atoms with van der Waals surface area (Å²) >= 11 is 5.22. The van der Waals surface area contributed by atoms with E-state index in [1.54, 1.807) is 30.2 Å². The molecule has 0 bridgehead atoms. The Balaban J connectivity index is 2.71. The van der Waals surface area contributed by atoms with Gasteiger partial charge in [-0.3, -0.25) is 0 Å². The molecule has 0 atom stereocenters. The number of anilines is 1. The Kier molecular flexibility index (Phi) is 5.86. The van der Waals surface area contributed by atoms with Gasteiger partial charge in [-0.2, -0.15) is 0 Å². The molecule has 1 aromatic carbocycles. The Morgan fingerprint density at radius 2 is 2.18 bits per heavy atom. The molecule has 5 heteroatoms. The van der Waals surface area contributed by atoms with E-state index in [1.807, 2.05) is 6.92 Å². The molecule has 3 nitrogen and oxygen atoms in total. The highest BCUT2D eigenvalue weighted by atomic mass is 32.1. The summed E-state index contributed by atoms with van der Waals surface area (Å²) in [5.41, 5.74) is 0.491. The molecule has 0 saturated carbocycles. The number of thiocarbonyl (C=S) groups is 1. The Bertz CT molecular complexity index is 373. The maximum atomic E-state index is 13.6. The monoisotopic (exact) mass is 256 g/mol. The van der Waals surface area contributed by atoms with E-state index in [1.165, 1.54) is 6.07 Å². The van der Waals surface area contributed by atoms with Crippen LogP contribution < -0.4 is 10.2 Å². The lowest BCUT2D eigenvalue weighted by Crippen LogP contribution is -2.41. The van der Waals surface area contributed by atoms with Gasteiger partial charge in [0.15, 0.2) is 5.11 Å². The molecule has 17 heavy (non-hydrogen) atoms. The topological polar surface area (TPSA) is 24.5 Å². The van der Waals surface area contributed by atoms with Crippen molar-refractivity contribution in [2.75, 3.05) is 31.7 Å². The minimum atomic E-state index is -0.273. The highest BCUT2D eigenvalue weighted by molar-refractivity contribution is 7.80. The Hall–Kier alpha value is -1.20. The summed E-state index contributed by atoms with van der Waals surface area (Å²) in [5, 5.41) is 3.53. The minimum absolute atomic E-state index is 0.273. The SMILES string of the molecule is CCN(C(=S)NCCOC)c1ccccc1F. The fourth-order valence-electron chi connectivity index (χ4n) is 1.45. The molecule has 0 radical (unpaired) electrons. The van der Waals surface area contributed by atoms with Crippen LogP contribution in [0.15, 0.2) is 24.3 Å². The zero-order chi connectivity index (χ0) is 12.7. The minimum Gasteiger partial charge on any atom is -0.383 e. The van der Waals surface area contributed by atoms with Crippen LogP contribution in [0.25, 0.3) is 0 Å². The number of hydrogen-bond donors (Lipinski definition) is 1. The summed E-state index contributed by atoms with van der Waals surface area (Å²) in [6.45, 7) is 3.71. The maximum absolute atomic E-state index is 13.6. The van der Waals surface area contributed by atoms with Gasteiger partial charge in [0, 0.05) is 20.2 Å². The first kappa shape index (κ1) is 13.9. The van der Waals surface area contributed by atoms with E-state index in [4.69, 9.17) is 17.0 Å². The number of hydrogen-bond acceptors (Lipinski definition) is 2. The molecule has 0 aliphatic rings. The number of methoxy groups -OCH3 is 1. The van der Waals surface area contributed by atoms with E-state index in [9.17, 15) is 4.39 Å². The molecule has 0 heterocycles. The van der Waals surface area contributed by atoms with Gasteiger partial charge in [0.05, 0.1) is 12.3 Å². The van der Waals surface area contributed by atoms with Gasteiger partial charge >= 0.3 is 0 Å². The normalized spacial score (nSPS) is 10.1. The van der Waals surface area contributed by atoms with Crippen molar-refractivity contribution in [1.82, 2.24) is 5.32 Å². The molecule has 0 aliphatic carbocycles. The van der Waals surface area contributed by atoms with Gasteiger partial charge in [-0.1, -0.05) is 12.1 Å². The van der Waals surface area contributed by atoms with Crippen molar-refractivity contribution in [2.24, 2.45) is 0 Å². The van der Waals surface area contributed by atoms with Crippen LogP contribution in [0, 0.1) is 5.82 Å². The van der Waals surface area contributed by atoms with Crippen LogP contribution in [-0.4, -0.2) is 31.9 Å². The van der Waals surface area contributed by atoms with E-state index in [0.29, 0.717) is 30.5 Å². The second kappa shape index (κ2) is 7.19. The Morgan fingerprint density at radius 3 is 2.76 bits per heavy atom. The highest BCUT2D eigenvalue weighted by Gasteiger charge is 2.13. The summed E-state index contributed by atoms with van der Waals surface area (Å²) in [7, 11) is 1.62. The summed E-state index contributed by atoms with van der Waals surface area (Å²) < 4.78 is 18.5. The zero-order valence-corrected chi connectivity index (χ0v) is 10.9. The average molecular weight is 256 g/mol. The van der Waals surface area contributed by atoms with E-state index >= 15 is 0 Å². The molecular formula is C12H17FN2OS. The van der Waals surface area contributed by atoms with Crippen molar-refractivity contribution >= 4 is 23.0 Å². The van der Waals surface area contributed by atoms with E-state index in [0.717, 1.165) is 0 Å². The van der Waals surface area contributed by atoms with E-state index < -0.39 is 0 Å². The van der Waals surface area contributed by atoms with E-state index in [2.05, 4.69) is 5.32 Å². The molecular weight excluding hydrogens is 239 g/mol. The van der Waals surface area contributed by atoms with Crippen LogP contribution in [0.3, 0.4) is 0 Å². The lowest BCUT2D eigenvalue weighted by molar-refractivity contribution is 0.204. The molecule has 0 amide bonds. The summed E-state index contributed by atoms with van der Waals surface area (Å²) in [4.78, 5) is 1.72. The number of halogens is 1. The van der Waals surface area contributed by atoms with E-state index in [-0.39, 0.29) is 5.82 Å². The van der Waals surface area contributed by atoms with Crippen LogP contribution in [0.5, 0.6) is 0 Å². The summed E-state index contributed by atoms with van der Waals surface area (Å²) in [6.07, 6.45) is 0. The second-order valence-electron chi connectivity index (χ2n) is 3.42. The number of rotatable bonds is 5. The number of benzene rings is 1. The fourth-order valence-corrected chi connectivity index (χ4v) is 1.78. The van der Waals surface area contributed by atoms with Crippen molar-refractivity contribution in [1.29, 1.82) is 0 Å². The maximum Gasteiger partial charge on any atom is 0.173 e. The summed E-state index contributed by atoms with van der Waals surface area (Å²) in [5.74, 6) is -0.273. The molecule has 1 rings (SSSR count). The first-order valence-electron chi connectivity index (χ1n) is 5.49. The molecule has 0 spiro atoms. The number of ether oxygens (including phenoxy) is 1.